The number of nitrogens with one attached hydrogen (secondary N) is 1. The van der Waals surface area contributed by atoms with Crippen LogP contribution in [-0.2, 0) is 20.6 Å². The fourth-order valence-corrected chi connectivity index (χ4v) is 5.43. The fourth-order valence-electron chi connectivity index (χ4n) is 3.84. The van der Waals surface area contributed by atoms with Gasteiger partial charge in [-0.1, -0.05) is 54.1 Å². The van der Waals surface area contributed by atoms with Crippen LogP contribution in [0.15, 0.2) is 66.2 Å². The number of hydrogen-bond donors (Lipinski definition) is 1. The van der Waals surface area contributed by atoms with Gasteiger partial charge < -0.3 is 10.1 Å². The number of anilines is 1. The fraction of sp³-hybridized carbons (Fsp3) is 0.348. The van der Waals surface area contributed by atoms with Gasteiger partial charge in [0.15, 0.2) is 6.10 Å². The van der Waals surface area contributed by atoms with E-state index in [1.165, 1.54) is 16.3 Å². The van der Waals surface area contributed by atoms with Gasteiger partial charge in [-0.25, -0.2) is 8.42 Å². The molecule has 1 atom stereocenters. The summed E-state index contributed by atoms with van der Waals surface area (Å²) >= 11 is 0. The standard InChI is InChI=1S/C23H26N2O4S/c26-23(24-15-18-9-3-1-4-10-18)22-16-25(20-13-7-8-14-21(20)29-22)30(27,28)17-19-11-5-2-6-12-19/h2,5-9,11-14,22H,1,3-4,10,15-17H2,(H,24,26)/t22-/m0/s1. The van der Waals surface area contributed by atoms with Gasteiger partial charge in [0.1, 0.15) is 5.75 Å². The van der Waals surface area contributed by atoms with Gasteiger partial charge in [-0.3, -0.25) is 9.10 Å². The van der Waals surface area contributed by atoms with E-state index in [-0.39, 0.29) is 18.2 Å². The number of hydrogen-bond acceptors (Lipinski definition) is 4. The first kappa shape index (κ1) is 20.5. The van der Waals surface area contributed by atoms with Crippen LogP contribution >= 0.6 is 0 Å². The topological polar surface area (TPSA) is 75.7 Å². The molecule has 30 heavy (non-hydrogen) atoms. The van der Waals surface area contributed by atoms with Gasteiger partial charge in [0, 0.05) is 6.54 Å². The molecule has 2 aromatic carbocycles. The zero-order chi connectivity index (χ0) is 21.0. The lowest BCUT2D eigenvalue weighted by Crippen LogP contribution is -2.51. The SMILES string of the molecule is O=C(NCC1=CCCCC1)[C@@H]1CN(S(=O)(=O)Cc2ccccc2)c2ccccc2O1. The second-order valence-corrected chi connectivity index (χ2v) is 9.57. The van der Waals surface area contributed by atoms with Crippen LogP contribution in [0.3, 0.4) is 0 Å². The molecule has 1 aliphatic carbocycles. The summed E-state index contributed by atoms with van der Waals surface area (Å²) in [5.41, 5.74) is 2.39. The monoisotopic (exact) mass is 426 g/mol. The molecular formula is C23H26N2O4S. The van der Waals surface area contributed by atoms with Crippen LogP contribution in [0.1, 0.15) is 31.2 Å². The molecule has 0 aromatic heterocycles. The van der Waals surface area contributed by atoms with Gasteiger partial charge in [0.05, 0.1) is 18.0 Å². The number of para-hydroxylation sites is 2. The third kappa shape index (κ3) is 4.67. The van der Waals surface area contributed by atoms with Crippen molar-refractivity contribution in [3.05, 3.63) is 71.8 Å². The Hall–Kier alpha value is -2.80. The summed E-state index contributed by atoms with van der Waals surface area (Å²) in [6.07, 6.45) is 5.65. The first-order valence-electron chi connectivity index (χ1n) is 10.3. The zero-order valence-electron chi connectivity index (χ0n) is 16.8. The molecule has 1 aliphatic heterocycles. The Bertz CT molecular complexity index is 1030. The number of fused-ring (bicyclic) bond motifs is 1. The van der Waals surface area contributed by atoms with Gasteiger partial charge in [0.25, 0.3) is 5.91 Å². The van der Waals surface area contributed by atoms with E-state index in [2.05, 4.69) is 11.4 Å². The quantitative estimate of drug-likeness (QED) is 0.719. The highest BCUT2D eigenvalue weighted by Crippen LogP contribution is 2.35. The minimum Gasteiger partial charge on any atom is -0.476 e. The van der Waals surface area contributed by atoms with E-state index >= 15 is 0 Å². The number of carbonyl (C=O) groups is 1. The highest BCUT2D eigenvalue weighted by Gasteiger charge is 2.36. The Balaban J connectivity index is 1.53. The number of allylic oxidation sites excluding steroid dienone is 1. The molecule has 2 aliphatic rings. The Labute approximate surface area is 177 Å². The summed E-state index contributed by atoms with van der Waals surface area (Å²) < 4.78 is 33.6. The van der Waals surface area contributed by atoms with E-state index < -0.39 is 16.1 Å². The van der Waals surface area contributed by atoms with Crippen molar-refractivity contribution in [1.29, 1.82) is 0 Å². The molecule has 4 rings (SSSR count). The van der Waals surface area contributed by atoms with E-state index in [1.54, 1.807) is 36.4 Å². The van der Waals surface area contributed by atoms with E-state index in [4.69, 9.17) is 4.74 Å². The van der Waals surface area contributed by atoms with Crippen LogP contribution in [0.5, 0.6) is 5.75 Å². The highest BCUT2D eigenvalue weighted by molar-refractivity contribution is 7.92. The zero-order valence-corrected chi connectivity index (χ0v) is 17.6. The van der Waals surface area contributed by atoms with Gasteiger partial charge in [-0.15, -0.1) is 0 Å². The summed E-state index contributed by atoms with van der Waals surface area (Å²) in [6.45, 7) is 0.439. The summed E-state index contributed by atoms with van der Waals surface area (Å²) in [5.74, 6) is -0.0306. The Morgan fingerprint density at radius 2 is 1.83 bits per heavy atom. The average molecular weight is 427 g/mol. The molecule has 0 fully saturated rings. The number of nitrogens with zero attached hydrogens (tertiary/aromatic N) is 1. The molecule has 1 amide bonds. The molecule has 1 heterocycles. The van der Waals surface area contributed by atoms with Crippen LogP contribution in [0.4, 0.5) is 5.69 Å². The number of amides is 1. The maximum Gasteiger partial charge on any atom is 0.263 e. The summed E-state index contributed by atoms with van der Waals surface area (Å²) in [6, 6.07) is 16.0. The van der Waals surface area contributed by atoms with E-state index in [9.17, 15) is 13.2 Å². The highest BCUT2D eigenvalue weighted by atomic mass is 32.2. The normalized spacial score (nSPS) is 18.7. The Kier molecular flexibility index (Phi) is 6.08. The molecule has 0 saturated heterocycles. The Morgan fingerprint density at radius 1 is 1.07 bits per heavy atom. The van der Waals surface area contributed by atoms with Crippen molar-refractivity contribution in [2.24, 2.45) is 0 Å². The third-order valence-corrected chi connectivity index (χ3v) is 7.15. The lowest BCUT2D eigenvalue weighted by Gasteiger charge is -2.34. The number of rotatable bonds is 6. The van der Waals surface area contributed by atoms with Gasteiger partial charge >= 0.3 is 0 Å². The number of benzene rings is 2. The van der Waals surface area contributed by atoms with E-state index in [0.29, 0.717) is 23.5 Å². The lowest BCUT2D eigenvalue weighted by atomic mass is 10.00. The summed E-state index contributed by atoms with van der Waals surface area (Å²) in [7, 11) is -3.69. The van der Waals surface area contributed by atoms with Gasteiger partial charge in [-0.2, -0.15) is 0 Å². The van der Waals surface area contributed by atoms with Crippen LogP contribution in [0, 0.1) is 0 Å². The van der Waals surface area contributed by atoms with Crippen molar-refractivity contribution < 1.29 is 17.9 Å². The minimum absolute atomic E-state index is 0.0446. The molecular weight excluding hydrogens is 400 g/mol. The van der Waals surface area contributed by atoms with Crippen molar-refractivity contribution in [2.75, 3.05) is 17.4 Å². The number of sulfonamides is 1. The number of carbonyl (C=O) groups excluding carboxylic acids is 1. The number of ether oxygens (including phenoxy) is 1. The van der Waals surface area contributed by atoms with Crippen molar-refractivity contribution in [3.8, 4) is 5.75 Å². The maximum absolute atomic E-state index is 13.2. The van der Waals surface area contributed by atoms with Crippen LogP contribution < -0.4 is 14.4 Å². The van der Waals surface area contributed by atoms with Gasteiger partial charge in [0.2, 0.25) is 10.0 Å². The molecule has 0 unspecified atom stereocenters. The minimum atomic E-state index is -3.69. The molecule has 6 nitrogen and oxygen atoms in total. The second-order valence-electron chi connectivity index (χ2n) is 7.67. The molecule has 0 bridgehead atoms. The molecule has 158 valence electrons. The molecule has 0 saturated carbocycles. The lowest BCUT2D eigenvalue weighted by molar-refractivity contribution is -0.127. The van der Waals surface area contributed by atoms with Gasteiger partial charge in [-0.05, 0) is 43.4 Å². The van der Waals surface area contributed by atoms with Crippen molar-refractivity contribution in [2.45, 2.75) is 37.5 Å². The smallest absolute Gasteiger partial charge is 0.263 e. The molecule has 2 aromatic rings. The second kappa shape index (κ2) is 8.92. The van der Waals surface area contributed by atoms with Crippen molar-refractivity contribution in [1.82, 2.24) is 5.32 Å². The largest absolute Gasteiger partial charge is 0.476 e. The summed E-state index contributed by atoms with van der Waals surface area (Å²) in [5, 5.41) is 2.92. The maximum atomic E-state index is 13.2. The van der Waals surface area contributed by atoms with Crippen molar-refractivity contribution >= 4 is 21.6 Å². The van der Waals surface area contributed by atoms with Crippen molar-refractivity contribution in [3.63, 3.8) is 0 Å². The first-order valence-corrected chi connectivity index (χ1v) is 11.9. The van der Waals surface area contributed by atoms with E-state index in [1.807, 2.05) is 18.2 Å². The molecule has 1 N–H and O–H groups in total. The third-order valence-electron chi connectivity index (χ3n) is 5.43. The first-order chi connectivity index (χ1) is 14.5. The predicted molar refractivity (Wildman–Crippen MR) is 117 cm³/mol. The van der Waals surface area contributed by atoms with Crippen LogP contribution in [0.2, 0.25) is 0 Å². The molecule has 0 radical (unpaired) electrons. The van der Waals surface area contributed by atoms with Crippen LogP contribution in [0.25, 0.3) is 0 Å². The molecule has 0 spiro atoms. The van der Waals surface area contributed by atoms with E-state index in [0.717, 1.165) is 19.3 Å². The molecule has 7 heteroatoms. The Morgan fingerprint density at radius 3 is 2.60 bits per heavy atom. The predicted octanol–water partition coefficient (Wildman–Crippen LogP) is 3.40. The average Bonchev–Trinajstić information content (AvgIpc) is 2.77. The van der Waals surface area contributed by atoms with Crippen LogP contribution in [-0.4, -0.2) is 33.5 Å². The summed E-state index contributed by atoms with van der Waals surface area (Å²) in [4.78, 5) is 12.8.